The van der Waals surface area contributed by atoms with E-state index in [1.807, 2.05) is 24.3 Å². The summed E-state index contributed by atoms with van der Waals surface area (Å²) in [6.45, 7) is 1.78. The maximum Gasteiger partial charge on any atom is 0.254 e. The van der Waals surface area contributed by atoms with Crippen molar-refractivity contribution < 1.29 is 13.6 Å². The zero-order valence-electron chi connectivity index (χ0n) is 12.8. The average Bonchev–Trinajstić information content (AvgIpc) is 3.09. The lowest BCUT2D eigenvalue weighted by Crippen LogP contribution is -2.27. The van der Waals surface area contributed by atoms with Crippen LogP contribution in [0.2, 0.25) is 0 Å². The Morgan fingerprint density at radius 1 is 1.17 bits per heavy atom. The van der Waals surface area contributed by atoms with Crippen molar-refractivity contribution in [1.82, 2.24) is 20.1 Å². The molecule has 24 heavy (non-hydrogen) atoms. The van der Waals surface area contributed by atoms with E-state index in [2.05, 4.69) is 15.4 Å². The standard InChI is InChI=1S/C17H14F2N4O/c1-11(22-17(24)15-7-4-13(18)8-16(15)19)12-2-5-14(6-3-12)23-10-20-9-21-23/h2-11H,1H3,(H,22,24). The molecule has 1 aromatic heterocycles. The van der Waals surface area contributed by atoms with E-state index in [0.29, 0.717) is 6.07 Å². The van der Waals surface area contributed by atoms with Gasteiger partial charge in [0.2, 0.25) is 0 Å². The predicted octanol–water partition coefficient (Wildman–Crippen LogP) is 3.04. The van der Waals surface area contributed by atoms with Gasteiger partial charge in [-0.1, -0.05) is 12.1 Å². The van der Waals surface area contributed by atoms with Crippen molar-refractivity contribution in [1.29, 1.82) is 0 Å². The van der Waals surface area contributed by atoms with Gasteiger partial charge in [0, 0.05) is 6.07 Å². The van der Waals surface area contributed by atoms with Crippen LogP contribution in [0.25, 0.3) is 5.69 Å². The van der Waals surface area contributed by atoms with Gasteiger partial charge in [0.15, 0.2) is 0 Å². The van der Waals surface area contributed by atoms with Crippen LogP contribution in [0.3, 0.4) is 0 Å². The molecule has 1 atom stereocenters. The predicted molar refractivity (Wildman–Crippen MR) is 83.6 cm³/mol. The number of amides is 1. The first-order chi connectivity index (χ1) is 11.5. The van der Waals surface area contributed by atoms with Crippen molar-refractivity contribution in [3.8, 4) is 5.69 Å². The van der Waals surface area contributed by atoms with Gasteiger partial charge in [0.25, 0.3) is 5.91 Å². The highest BCUT2D eigenvalue weighted by molar-refractivity contribution is 5.94. The van der Waals surface area contributed by atoms with E-state index < -0.39 is 17.5 Å². The van der Waals surface area contributed by atoms with Crippen LogP contribution in [0.15, 0.2) is 55.1 Å². The number of carbonyl (C=O) groups excluding carboxylic acids is 1. The van der Waals surface area contributed by atoms with Crippen molar-refractivity contribution in [3.05, 3.63) is 77.9 Å². The lowest BCUT2D eigenvalue weighted by Gasteiger charge is -2.15. The summed E-state index contributed by atoms with van der Waals surface area (Å²) in [5, 5.41) is 6.72. The second-order valence-corrected chi connectivity index (χ2v) is 5.25. The Kier molecular flexibility index (Phi) is 4.33. The molecular formula is C17H14F2N4O. The first-order valence-electron chi connectivity index (χ1n) is 7.25. The minimum Gasteiger partial charge on any atom is -0.345 e. The molecule has 1 amide bonds. The first-order valence-corrected chi connectivity index (χ1v) is 7.25. The molecule has 1 unspecified atom stereocenters. The third kappa shape index (κ3) is 3.29. The Morgan fingerprint density at radius 2 is 1.92 bits per heavy atom. The molecule has 7 heteroatoms. The van der Waals surface area contributed by atoms with Crippen molar-refractivity contribution >= 4 is 5.91 Å². The fourth-order valence-electron chi connectivity index (χ4n) is 2.29. The Balaban J connectivity index is 1.72. The van der Waals surface area contributed by atoms with Gasteiger partial charge in [-0.15, -0.1) is 0 Å². The van der Waals surface area contributed by atoms with Gasteiger partial charge in [0.05, 0.1) is 17.3 Å². The molecule has 0 spiro atoms. The Bertz CT molecular complexity index is 848. The fourth-order valence-corrected chi connectivity index (χ4v) is 2.29. The molecule has 0 fully saturated rings. The summed E-state index contributed by atoms with van der Waals surface area (Å²) in [5.74, 6) is -2.21. The summed E-state index contributed by atoms with van der Waals surface area (Å²) in [7, 11) is 0. The molecule has 0 radical (unpaired) electrons. The van der Waals surface area contributed by atoms with Crippen LogP contribution in [0.5, 0.6) is 0 Å². The molecule has 3 rings (SSSR count). The van der Waals surface area contributed by atoms with E-state index in [4.69, 9.17) is 0 Å². The molecule has 122 valence electrons. The van der Waals surface area contributed by atoms with Gasteiger partial charge in [-0.25, -0.2) is 18.4 Å². The lowest BCUT2D eigenvalue weighted by molar-refractivity contribution is 0.0935. The van der Waals surface area contributed by atoms with E-state index in [9.17, 15) is 13.6 Å². The number of carbonyl (C=O) groups is 1. The van der Waals surface area contributed by atoms with Crippen LogP contribution in [0, 0.1) is 11.6 Å². The SMILES string of the molecule is CC(NC(=O)c1ccc(F)cc1F)c1ccc(-n2cncn2)cc1. The number of nitrogens with zero attached hydrogens (tertiary/aromatic N) is 3. The molecule has 1 heterocycles. The van der Waals surface area contributed by atoms with E-state index in [1.54, 1.807) is 17.9 Å². The van der Waals surface area contributed by atoms with Crippen molar-refractivity contribution in [2.45, 2.75) is 13.0 Å². The zero-order chi connectivity index (χ0) is 17.1. The summed E-state index contributed by atoms with van der Waals surface area (Å²) in [6.07, 6.45) is 3.02. The number of benzene rings is 2. The second kappa shape index (κ2) is 6.57. The van der Waals surface area contributed by atoms with Gasteiger partial charge in [0.1, 0.15) is 24.3 Å². The molecule has 0 bridgehead atoms. The van der Waals surface area contributed by atoms with Crippen LogP contribution in [-0.4, -0.2) is 20.7 Å². The highest BCUT2D eigenvalue weighted by Gasteiger charge is 2.15. The largest absolute Gasteiger partial charge is 0.345 e. The topological polar surface area (TPSA) is 59.8 Å². The van der Waals surface area contributed by atoms with Crippen LogP contribution in [0.1, 0.15) is 28.9 Å². The van der Waals surface area contributed by atoms with Crippen LogP contribution in [0.4, 0.5) is 8.78 Å². The third-order valence-corrected chi connectivity index (χ3v) is 3.60. The number of aromatic nitrogens is 3. The van der Waals surface area contributed by atoms with Crippen molar-refractivity contribution in [2.24, 2.45) is 0 Å². The maximum absolute atomic E-state index is 13.6. The van der Waals surface area contributed by atoms with E-state index >= 15 is 0 Å². The Labute approximate surface area is 137 Å². The van der Waals surface area contributed by atoms with Gasteiger partial charge >= 0.3 is 0 Å². The van der Waals surface area contributed by atoms with Crippen molar-refractivity contribution in [3.63, 3.8) is 0 Å². The molecule has 0 aliphatic rings. The van der Waals surface area contributed by atoms with Crippen molar-refractivity contribution in [2.75, 3.05) is 0 Å². The van der Waals surface area contributed by atoms with Crippen LogP contribution in [-0.2, 0) is 0 Å². The second-order valence-electron chi connectivity index (χ2n) is 5.25. The zero-order valence-corrected chi connectivity index (χ0v) is 12.8. The summed E-state index contributed by atoms with van der Waals surface area (Å²) in [4.78, 5) is 16.0. The van der Waals surface area contributed by atoms with Gasteiger partial charge in [-0.05, 0) is 36.8 Å². The summed E-state index contributed by atoms with van der Waals surface area (Å²) in [5.41, 5.74) is 1.48. The summed E-state index contributed by atoms with van der Waals surface area (Å²) < 4.78 is 28.2. The van der Waals surface area contributed by atoms with E-state index in [1.165, 1.54) is 6.33 Å². The molecule has 0 saturated heterocycles. The molecule has 2 aromatic carbocycles. The van der Waals surface area contributed by atoms with E-state index in [-0.39, 0.29) is 11.6 Å². The molecule has 0 aliphatic heterocycles. The maximum atomic E-state index is 13.6. The highest BCUT2D eigenvalue weighted by Crippen LogP contribution is 2.17. The number of hydrogen-bond donors (Lipinski definition) is 1. The van der Waals surface area contributed by atoms with Gasteiger partial charge in [-0.2, -0.15) is 5.10 Å². The molecular weight excluding hydrogens is 314 g/mol. The molecule has 0 aliphatic carbocycles. The fraction of sp³-hybridized carbons (Fsp3) is 0.118. The van der Waals surface area contributed by atoms with Gasteiger partial charge < -0.3 is 5.32 Å². The Morgan fingerprint density at radius 3 is 2.54 bits per heavy atom. The normalized spacial score (nSPS) is 12.0. The number of hydrogen-bond acceptors (Lipinski definition) is 3. The minimum atomic E-state index is -0.888. The lowest BCUT2D eigenvalue weighted by atomic mass is 10.1. The summed E-state index contributed by atoms with van der Waals surface area (Å²) >= 11 is 0. The molecule has 5 nitrogen and oxygen atoms in total. The van der Waals surface area contributed by atoms with E-state index in [0.717, 1.165) is 23.4 Å². The highest BCUT2D eigenvalue weighted by atomic mass is 19.1. The van der Waals surface area contributed by atoms with Gasteiger partial charge in [-0.3, -0.25) is 4.79 Å². The molecule has 3 aromatic rings. The number of nitrogens with one attached hydrogen (secondary N) is 1. The number of rotatable bonds is 4. The van der Waals surface area contributed by atoms with Crippen LogP contribution >= 0.6 is 0 Å². The molecule has 1 N–H and O–H groups in total. The summed E-state index contributed by atoms with van der Waals surface area (Å²) in [6, 6.07) is 9.87. The molecule has 0 saturated carbocycles. The monoisotopic (exact) mass is 328 g/mol. The minimum absolute atomic E-state index is 0.192. The smallest absolute Gasteiger partial charge is 0.254 e. The third-order valence-electron chi connectivity index (χ3n) is 3.60. The average molecular weight is 328 g/mol. The first kappa shape index (κ1) is 15.8. The van der Waals surface area contributed by atoms with Crippen LogP contribution < -0.4 is 5.32 Å². The Hall–Kier alpha value is -3.09. The number of halogens is 2. The quantitative estimate of drug-likeness (QED) is 0.801.